The molecule has 0 amide bonds. The number of nitrogens with zero attached hydrogens (tertiary/aromatic N) is 4. The Balaban J connectivity index is 1.53. The first kappa shape index (κ1) is 36.0. The number of hydrogen-bond donors (Lipinski definition) is 1. The molecule has 49 heavy (non-hydrogen) atoms. The molecule has 0 unspecified atom stereocenters. The van der Waals surface area contributed by atoms with Crippen LogP contribution in [0.25, 0.3) is 17.0 Å². The molecular formula is C35H36F2N4O6S2. The predicted molar refractivity (Wildman–Crippen MR) is 187 cm³/mol. The van der Waals surface area contributed by atoms with Gasteiger partial charge in [-0.25, -0.2) is 27.9 Å². The number of carboxylic acids is 1. The van der Waals surface area contributed by atoms with Crippen molar-refractivity contribution in [1.82, 2.24) is 14.5 Å². The number of fused-ring (bicyclic) bond motifs is 3. The Morgan fingerprint density at radius 2 is 1.88 bits per heavy atom. The summed E-state index contributed by atoms with van der Waals surface area (Å²) in [6.07, 6.45) is 2.95. The molecule has 0 aliphatic carbocycles. The van der Waals surface area contributed by atoms with E-state index in [0.29, 0.717) is 29.2 Å². The fourth-order valence-electron chi connectivity index (χ4n) is 6.02. The zero-order chi connectivity index (χ0) is 35.6. The summed E-state index contributed by atoms with van der Waals surface area (Å²) in [5.41, 5.74) is 1.20. The molecule has 14 heteroatoms. The van der Waals surface area contributed by atoms with Crippen LogP contribution in [0, 0.1) is 27.2 Å². The summed E-state index contributed by atoms with van der Waals surface area (Å²) < 4.78 is 39.6. The van der Waals surface area contributed by atoms with Gasteiger partial charge in [-0.1, -0.05) is 49.8 Å². The summed E-state index contributed by atoms with van der Waals surface area (Å²) in [5, 5.41) is 21.1. The molecule has 4 aromatic rings. The number of benzene rings is 2. The predicted octanol–water partition coefficient (Wildman–Crippen LogP) is 8.52. The van der Waals surface area contributed by atoms with Crippen molar-refractivity contribution >= 4 is 56.3 Å². The maximum absolute atomic E-state index is 16.2. The Morgan fingerprint density at radius 3 is 2.49 bits per heavy atom. The van der Waals surface area contributed by atoms with Gasteiger partial charge < -0.3 is 9.84 Å². The lowest BCUT2D eigenvalue weighted by Crippen LogP contribution is -2.47. The average Bonchev–Trinajstić information content (AvgIpc) is 3.36. The molecule has 10 nitrogen and oxygen atoms in total. The molecule has 0 fully saturated rings. The Kier molecular flexibility index (Phi) is 10.8. The van der Waals surface area contributed by atoms with Crippen LogP contribution in [-0.4, -0.2) is 61.0 Å². The third-order valence-electron chi connectivity index (χ3n) is 7.98. The van der Waals surface area contributed by atoms with Crippen molar-refractivity contribution in [2.24, 2.45) is 5.41 Å². The average molecular weight is 711 g/mol. The number of aliphatic carboxylic acids is 1. The SMILES string of the molecule is C[C@H](COC(=O)n1c2c(c3ccccc31)C[C@@H](C)N(CC(C)(C)C)[C@@H]2c1c(F)cc(/C=C/C(=O)O)cc1F)SSc1ccc([N+](=O)[O-])cn1. The minimum atomic E-state index is -1.25. The number of nitro groups is 1. The summed E-state index contributed by atoms with van der Waals surface area (Å²) in [5.74, 6) is -2.97. The molecule has 1 aliphatic heterocycles. The molecule has 5 rings (SSSR count). The van der Waals surface area contributed by atoms with E-state index in [1.54, 1.807) is 18.2 Å². The monoisotopic (exact) mass is 710 g/mol. The van der Waals surface area contributed by atoms with Gasteiger partial charge in [0.25, 0.3) is 5.69 Å². The van der Waals surface area contributed by atoms with E-state index < -0.39 is 34.7 Å². The van der Waals surface area contributed by atoms with Crippen molar-refractivity contribution in [2.45, 2.75) is 63.4 Å². The van der Waals surface area contributed by atoms with Gasteiger partial charge in [-0.2, -0.15) is 0 Å². The number of hydrogen-bond acceptors (Lipinski definition) is 9. The Morgan fingerprint density at radius 1 is 1.18 bits per heavy atom. The Bertz CT molecular complexity index is 1900. The molecule has 1 aliphatic rings. The molecule has 0 saturated heterocycles. The molecule has 3 atom stereocenters. The van der Waals surface area contributed by atoms with Crippen molar-refractivity contribution in [3.8, 4) is 0 Å². The Hall–Kier alpha value is -4.27. The van der Waals surface area contributed by atoms with Gasteiger partial charge in [0.15, 0.2) is 0 Å². The first-order valence-electron chi connectivity index (χ1n) is 15.5. The molecule has 0 saturated carbocycles. The van der Waals surface area contributed by atoms with Crippen molar-refractivity contribution < 1.29 is 33.1 Å². The van der Waals surface area contributed by atoms with Gasteiger partial charge in [0.2, 0.25) is 0 Å². The number of halogens is 2. The summed E-state index contributed by atoms with van der Waals surface area (Å²) in [7, 11) is 2.67. The lowest BCUT2D eigenvalue weighted by Gasteiger charge is -2.44. The van der Waals surface area contributed by atoms with Gasteiger partial charge in [0, 0.05) is 40.9 Å². The zero-order valence-corrected chi connectivity index (χ0v) is 29.2. The molecule has 3 heterocycles. The van der Waals surface area contributed by atoms with E-state index in [2.05, 4.69) is 4.98 Å². The number of pyridine rings is 1. The van der Waals surface area contributed by atoms with Crippen LogP contribution < -0.4 is 0 Å². The van der Waals surface area contributed by atoms with Crippen LogP contribution in [0.1, 0.15) is 63.0 Å². The zero-order valence-electron chi connectivity index (χ0n) is 27.6. The lowest BCUT2D eigenvalue weighted by molar-refractivity contribution is -0.385. The van der Waals surface area contributed by atoms with E-state index >= 15 is 8.78 Å². The normalized spacial score (nSPS) is 17.3. The topological polar surface area (TPSA) is 128 Å². The van der Waals surface area contributed by atoms with E-state index in [1.165, 1.54) is 38.4 Å². The second kappa shape index (κ2) is 14.7. The smallest absolute Gasteiger partial charge is 0.418 e. The van der Waals surface area contributed by atoms with Gasteiger partial charge >= 0.3 is 12.1 Å². The van der Waals surface area contributed by atoms with Gasteiger partial charge in [-0.3, -0.25) is 15.0 Å². The van der Waals surface area contributed by atoms with Gasteiger partial charge in [0.05, 0.1) is 22.2 Å². The largest absolute Gasteiger partial charge is 0.478 e. The van der Waals surface area contributed by atoms with Crippen LogP contribution in [0.5, 0.6) is 0 Å². The summed E-state index contributed by atoms with van der Waals surface area (Å²) in [4.78, 5) is 41.7. The van der Waals surface area contributed by atoms with Gasteiger partial charge in [0.1, 0.15) is 29.5 Å². The third-order valence-corrected chi connectivity index (χ3v) is 10.7. The molecule has 258 valence electrons. The molecule has 0 bridgehead atoms. The van der Waals surface area contributed by atoms with E-state index in [1.807, 2.05) is 51.7 Å². The van der Waals surface area contributed by atoms with E-state index in [9.17, 15) is 19.7 Å². The fourth-order valence-corrected chi connectivity index (χ4v) is 7.87. The molecule has 0 spiro atoms. The van der Waals surface area contributed by atoms with E-state index in [4.69, 9.17) is 9.84 Å². The molecule has 0 radical (unpaired) electrons. The maximum Gasteiger partial charge on any atom is 0.418 e. The van der Waals surface area contributed by atoms with Crippen LogP contribution >= 0.6 is 21.6 Å². The number of rotatable bonds is 10. The van der Waals surface area contributed by atoms with Gasteiger partial charge in [-0.05, 0) is 77.9 Å². The second-order valence-corrected chi connectivity index (χ2v) is 15.8. The number of aromatic nitrogens is 2. The van der Waals surface area contributed by atoms with Crippen LogP contribution in [0.15, 0.2) is 65.8 Å². The molecule has 1 N–H and O–H groups in total. The number of carbonyl (C=O) groups is 2. The minimum Gasteiger partial charge on any atom is -0.478 e. The number of carbonyl (C=O) groups excluding carboxylic acids is 1. The van der Waals surface area contributed by atoms with E-state index in [0.717, 1.165) is 35.2 Å². The molecule has 2 aromatic carbocycles. The highest BCUT2D eigenvalue weighted by Crippen LogP contribution is 2.45. The second-order valence-electron chi connectivity index (χ2n) is 13.2. The lowest BCUT2D eigenvalue weighted by atomic mass is 9.85. The highest BCUT2D eigenvalue weighted by Gasteiger charge is 2.42. The number of ether oxygens (including phenoxy) is 1. The van der Waals surface area contributed by atoms with Crippen molar-refractivity contribution in [3.05, 3.63) is 105 Å². The van der Waals surface area contributed by atoms with Crippen molar-refractivity contribution in [3.63, 3.8) is 0 Å². The minimum absolute atomic E-state index is 0.00483. The highest BCUT2D eigenvalue weighted by molar-refractivity contribution is 8.76. The van der Waals surface area contributed by atoms with Crippen LogP contribution in [-0.2, 0) is 16.0 Å². The van der Waals surface area contributed by atoms with Crippen molar-refractivity contribution in [1.29, 1.82) is 0 Å². The number of para-hydroxylation sites is 1. The quantitative estimate of drug-likeness (QED) is 0.0740. The Labute approximate surface area is 290 Å². The highest BCUT2D eigenvalue weighted by atomic mass is 33.1. The third kappa shape index (κ3) is 8.14. The van der Waals surface area contributed by atoms with Crippen molar-refractivity contribution in [2.75, 3.05) is 13.2 Å². The van der Waals surface area contributed by atoms with Crippen LogP contribution in [0.3, 0.4) is 0 Å². The molecular weight excluding hydrogens is 675 g/mol. The first-order chi connectivity index (χ1) is 23.1. The van der Waals surface area contributed by atoms with Crippen LogP contribution in [0.4, 0.5) is 19.3 Å². The summed E-state index contributed by atoms with van der Waals surface area (Å²) in [6, 6.07) is 11.3. The standard InChI is InChI=1S/C35H36F2N4O6S2/c1-20-14-25-24-8-6-7-9-28(24)40(34(44)47-18-21(2)48-49-29-12-11-23(17-38-29)41(45)46)32(25)33(39(20)19-35(3,4)5)31-26(36)15-22(16-27(31)37)10-13-30(42)43/h6-13,15-17,20-21,33H,14,18-19H2,1-5H3,(H,42,43)/b13-10+/t20-,21-,33-/m1/s1. The first-order valence-corrected chi connectivity index (χ1v) is 17.7. The number of carboxylic acid groups (broad SMARTS) is 1. The fraction of sp³-hybridized carbons (Fsp3) is 0.343. The van der Waals surface area contributed by atoms with Crippen LogP contribution in [0.2, 0.25) is 0 Å². The van der Waals surface area contributed by atoms with E-state index in [-0.39, 0.29) is 40.1 Å². The maximum atomic E-state index is 16.2. The molecule has 2 aromatic heterocycles. The summed E-state index contributed by atoms with van der Waals surface area (Å²) in [6.45, 7) is 10.4. The summed E-state index contributed by atoms with van der Waals surface area (Å²) >= 11 is 0. The van der Waals surface area contributed by atoms with Gasteiger partial charge in [-0.15, -0.1) is 0 Å².